The van der Waals surface area contributed by atoms with Gasteiger partial charge in [-0.05, 0) is 38.0 Å². The van der Waals surface area contributed by atoms with Crippen LogP contribution in [0.15, 0.2) is 41.1 Å². The van der Waals surface area contributed by atoms with Gasteiger partial charge >= 0.3 is 0 Å². The fourth-order valence-electron chi connectivity index (χ4n) is 2.15. The van der Waals surface area contributed by atoms with Crippen molar-refractivity contribution in [3.63, 3.8) is 0 Å². The normalized spacial score (nSPS) is 10.6. The number of amides is 2. The molecule has 0 saturated heterocycles. The van der Waals surface area contributed by atoms with Gasteiger partial charge in [0.15, 0.2) is 5.82 Å². The van der Waals surface area contributed by atoms with Gasteiger partial charge < -0.3 is 14.7 Å². The maximum Gasteiger partial charge on any atom is 0.254 e. The van der Waals surface area contributed by atoms with E-state index >= 15 is 0 Å². The van der Waals surface area contributed by atoms with Crippen molar-refractivity contribution in [3.05, 3.63) is 47.7 Å². The van der Waals surface area contributed by atoms with Crippen molar-refractivity contribution in [2.75, 3.05) is 11.9 Å². The van der Waals surface area contributed by atoms with Crippen molar-refractivity contribution in [1.29, 1.82) is 0 Å². The van der Waals surface area contributed by atoms with Crippen LogP contribution < -0.4 is 5.32 Å². The molecule has 0 saturated carbocycles. The standard InChI is InChI=1S/C17H21N3O3/c1-4-13-5-7-14(8-6-13)17(22)20(12(2)3)11-16(21)18-15-9-10-23-19-15/h5-10,12H,4,11H2,1-3H3,(H,18,19,21). The Hall–Kier alpha value is -2.63. The number of carbonyl (C=O) groups excluding carboxylic acids is 2. The second-order valence-electron chi connectivity index (χ2n) is 5.51. The third-order valence-corrected chi connectivity index (χ3v) is 3.51. The molecule has 1 N–H and O–H groups in total. The molecular formula is C17H21N3O3. The van der Waals surface area contributed by atoms with Gasteiger partial charge in [0.05, 0.1) is 0 Å². The van der Waals surface area contributed by atoms with E-state index in [2.05, 4.69) is 21.9 Å². The second kappa shape index (κ2) is 7.58. The lowest BCUT2D eigenvalue weighted by molar-refractivity contribution is -0.117. The summed E-state index contributed by atoms with van der Waals surface area (Å²) in [5.41, 5.74) is 1.74. The lowest BCUT2D eigenvalue weighted by atomic mass is 10.1. The summed E-state index contributed by atoms with van der Waals surface area (Å²) in [4.78, 5) is 26.2. The van der Waals surface area contributed by atoms with E-state index in [0.717, 1.165) is 6.42 Å². The van der Waals surface area contributed by atoms with Gasteiger partial charge in [0.1, 0.15) is 12.8 Å². The highest BCUT2D eigenvalue weighted by molar-refractivity contribution is 5.99. The number of carbonyl (C=O) groups is 2. The number of rotatable bonds is 6. The summed E-state index contributed by atoms with van der Waals surface area (Å²) >= 11 is 0. The monoisotopic (exact) mass is 315 g/mol. The van der Waals surface area contributed by atoms with E-state index in [0.29, 0.717) is 11.4 Å². The molecule has 1 aromatic carbocycles. The van der Waals surface area contributed by atoms with Crippen LogP contribution in [0.3, 0.4) is 0 Å². The molecule has 6 heteroatoms. The zero-order chi connectivity index (χ0) is 16.8. The number of nitrogens with zero attached hydrogens (tertiary/aromatic N) is 2. The molecule has 0 bridgehead atoms. The fraction of sp³-hybridized carbons (Fsp3) is 0.353. The van der Waals surface area contributed by atoms with Crippen molar-refractivity contribution in [3.8, 4) is 0 Å². The first-order valence-corrected chi connectivity index (χ1v) is 7.61. The molecule has 2 amide bonds. The summed E-state index contributed by atoms with van der Waals surface area (Å²) in [6, 6.07) is 8.90. The Balaban J connectivity index is 2.07. The molecule has 0 spiro atoms. The molecule has 0 unspecified atom stereocenters. The molecule has 6 nitrogen and oxygen atoms in total. The Morgan fingerprint density at radius 3 is 2.43 bits per heavy atom. The molecule has 1 aromatic heterocycles. The number of aryl methyl sites for hydroxylation is 1. The molecular weight excluding hydrogens is 294 g/mol. The van der Waals surface area contributed by atoms with Gasteiger partial charge in [-0.3, -0.25) is 9.59 Å². The number of aromatic nitrogens is 1. The third kappa shape index (κ3) is 4.42. The van der Waals surface area contributed by atoms with Crippen LogP contribution in [0.1, 0.15) is 36.7 Å². The molecule has 122 valence electrons. The van der Waals surface area contributed by atoms with Gasteiger partial charge in [-0.15, -0.1) is 0 Å². The SMILES string of the molecule is CCc1ccc(C(=O)N(CC(=O)Nc2ccon2)C(C)C)cc1. The third-order valence-electron chi connectivity index (χ3n) is 3.51. The van der Waals surface area contributed by atoms with Gasteiger partial charge in [-0.25, -0.2) is 0 Å². The topological polar surface area (TPSA) is 75.4 Å². The summed E-state index contributed by atoms with van der Waals surface area (Å²) in [6.07, 6.45) is 2.29. The number of hydrogen-bond donors (Lipinski definition) is 1. The van der Waals surface area contributed by atoms with Crippen LogP contribution in [-0.4, -0.2) is 34.5 Å². The maximum absolute atomic E-state index is 12.6. The molecule has 0 aliphatic carbocycles. The quantitative estimate of drug-likeness (QED) is 0.889. The van der Waals surface area contributed by atoms with E-state index in [-0.39, 0.29) is 24.4 Å². The zero-order valence-electron chi connectivity index (χ0n) is 13.6. The smallest absolute Gasteiger partial charge is 0.254 e. The van der Waals surface area contributed by atoms with Gasteiger partial charge in [0.25, 0.3) is 5.91 Å². The average Bonchev–Trinajstić information content (AvgIpc) is 3.04. The predicted molar refractivity (Wildman–Crippen MR) is 87.1 cm³/mol. The average molecular weight is 315 g/mol. The van der Waals surface area contributed by atoms with Crippen LogP contribution in [0.5, 0.6) is 0 Å². The predicted octanol–water partition coefficient (Wildman–Crippen LogP) is 2.73. The Bertz CT molecular complexity index is 648. The fourth-order valence-corrected chi connectivity index (χ4v) is 2.15. The van der Waals surface area contributed by atoms with E-state index in [1.54, 1.807) is 18.2 Å². The van der Waals surface area contributed by atoms with Crippen LogP contribution >= 0.6 is 0 Å². The largest absolute Gasteiger partial charge is 0.363 e. The first-order chi connectivity index (χ1) is 11.0. The van der Waals surface area contributed by atoms with Crippen molar-refractivity contribution < 1.29 is 14.1 Å². The lowest BCUT2D eigenvalue weighted by Crippen LogP contribution is -2.42. The lowest BCUT2D eigenvalue weighted by Gasteiger charge is -2.26. The minimum atomic E-state index is -0.314. The van der Waals surface area contributed by atoms with Crippen molar-refractivity contribution in [1.82, 2.24) is 10.1 Å². The van der Waals surface area contributed by atoms with E-state index in [1.807, 2.05) is 26.0 Å². The van der Waals surface area contributed by atoms with Crippen molar-refractivity contribution >= 4 is 17.6 Å². The van der Waals surface area contributed by atoms with E-state index in [4.69, 9.17) is 0 Å². The van der Waals surface area contributed by atoms with Crippen LogP contribution in [-0.2, 0) is 11.2 Å². The molecule has 2 rings (SSSR count). The Morgan fingerprint density at radius 2 is 1.91 bits per heavy atom. The highest BCUT2D eigenvalue weighted by Gasteiger charge is 2.21. The van der Waals surface area contributed by atoms with E-state index in [1.165, 1.54) is 16.7 Å². The highest BCUT2D eigenvalue weighted by atomic mass is 16.5. The highest BCUT2D eigenvalue weighted by Crippen LogP contribution is 2.11. The molecule has 0 fully saturated rings. The summed E-state index contributed by atoms with van der Waals surface area (Å²) < 4.78 is 4.66. The summed E-state index contributed by atoms with van der Waals surface area (Å²) in [5, 5.41) is 6.21. The molecule has 0 radical (unpaired) electrons. The summed E-state index contributed by atoms with van der Waals surface area (Å²) in [6.45, 7) is 5.77. The Morgan fingerprint density at radius 1 is 1.22 bits per heavy atom. The molecule has 2 aromatic rings. The molecule has 0 aliphatic heterocycles. The number of nitrogens with one attached hydrogen (secondary N) is 1. The zero-order valence-corrected chi connectivity index (χ0v) is 13.6. The van der Waals surface area contributed by atoms with Crippen molar-refractivity contribution in [2.24, 2.45) is 0 Å². The maximum atomic E-state index is 12.6. The van der Waals surface area contributed by atoms with Crippen LogP contribution in [0, 0.1) is 0 Å². The van der Waals surface area contributed by atoms with Crippen LogP contribution in [0.4, 0.5) is 5.82 Å². The van der Waals surface area contributed by atoms with Gasteiger partial charge in [0, 0.05) is 17.7 Å². The Kier molecular flexibility index (Phi) is 5.51. The molecule has 0 atom stereocenters. The van der Waals surface area contributed by atoms with E-state index in [9.17, 15) is 9.59 Å². The second-order valence-corrected chi connectivity index (χ2v) is 5.51. The summed E-state index contributed by atoms with van der Waals surface area (Å²) in [5.74, 6) is -0.150. The minimum Gasteiger partial charge on any atom is -0.363 e. The van der Waals surface area contributed by atoms with E-state index < -0.39 is 0 Å². The number of benzene rings is 1. The van der Waals surface area contributed by atoms with Gasteiger partial charge in [-0.1, -0.05) is 24.2 Å². The van der Waals surface area contributed by atoms with Crippen LogP contribution in [0.2, 0.25) is 0 Å². The first kappa shape index (κ1) is 16.7. The molecule has 23 heavy (non-hydrogen) atoms. The van der Waals surface area contributed by atoms with Gasteiger partial charge in [-0.2, -0.15) is 0 Å². The first-order valence-electron chi connectivity index (χ1n) is 7.61. The van der Waals surface area contributed by atoms with Gasteiger partial charge in [0.2, 0.25) is 5.91 Å². The summed E-state index contributed by atoms with van der Waals surface area (Å²) in [7, 11) is 0. The minimum absolute atomic E-state index is 0.0428. The molecule has 0 aliphatic rings. The molecule has 1 heterocycles. The number of hydrogen-bond acceptors (Lipinski definition) is 4. The Labute approximate surface area is 135 Å². The van der Waals surface area contributed by atoms with Crippen LogP contribution in [0.25, 0.3) is 0 Å². The number of anilines is 1. The van der Waals surface area contributed by atoms with Crippen molar-refractivity contribution in [2.45, 2.75) is 33.2 Å².